The van der Waals surface area contributed by atoms with E-state index >= 15 is 0 Å². The molecule has 0 N–H and O–H groups in total. The molecule has 0 atom stereocenters. The molecule has 11 rings (SSSR count). The molecule has 56 heavy (non-hydrogen) atoms. The van der Waals surface area contributed by atoms with Crippen molar-refractivity contribution in [2.24, 2.45) is 0 Å². The molecular weight excluding hydrogens is 685 g/mol. The topological polar surface area (TPSA) is 52.1 Å². The van der Waals surface area contributed by atoms with E-state index in [2.05, 4.69) is 133 Å². The predicted octanol–water partition coefficient (Wildman–Crippen LogP) is 14.3. The van der Waals surface area contributed by atoms with E-state index in [0.717, 1.165) is 105 Å². The van der Waals surface area contributed by atoms with E-state index in [1.807, 2.05) is 60.7 Å². The van der Waals surface area contributed by atoms with E-state index in [4.69, 9.17) is 18.8 Å². The molecule has 3 aromatic heterocycles. The molecule has 4 nitrogen and oxygen atoms in total. The summed E-state index contributed by atoms with van der Waals surface area (Å²) in [4.78, 5) is 10.4. The molecule has 0 aliphatic carbocycles. The molecule has 0 radical (unpaired) electrons. The lowest BCUT2D eigenvalue weighted by Crippen LogP contribution is -1.97. The van der Waals surface area contributed by atoms with Gasteiger partial charge in [-0.1, -0.05) is 158 Å². The molecule has 0 amide bonds. The van der Waals surface area contributed by atoms with Crippen molar-refractivity contribution in [2.45, 2.75) is 0 Å². The van der Waals surface area contributed by atoms with Crippen LogP contribution in [0.25, 0.3) is 111 Å². The Morgan fingerprint density at radius 1 is 0.286 bits per heavy atom. The summed E-state index contributed by atoms with van der Waals surface area (Å²) in [6.45, 7) is 0. The van der Waals surface area contributed by atoms with Gasteiger partial charge in [-0.3, -0.25) is 0 Å². The van der Waals surface area contributed by atoms with Crippen molar-refractivity contribution in [3.05, 3.63) is 194 Å². The zero-order valence-electron chi connectivity index (χ0n) is 30.2. The van der Waals surface area contributed by atoms with Gasteiger partial charge < -0.3 is 8.83 Å². The zero-order valence-corrected chi connectivity index (χ0v) is 30.2. The SMILES string of the molecule is c1ccc(-c2cc(-c3cc(-c4ccccc4-c4cccc5c4oc4ccccc45)cc(-c4cccc5c4oc4ccccc45)c3)nc(-c3ccccc3)n2)cc1. The second-order valence-corrected chi connectivity index (χ2v) is 14.1. The lowest BCUT2D eigenvalue weighted by molar-refractivity contribution is 0.669. The molecule has 8 aromatic carbocycles. The Hall–Kier alpha value is -7.56. The van der Waals surface area contributed by atoms with Crippen LogP contribution in [0.15, 0.2) is 203 Å². The summed E-state index contributed by atoms with van der Waals surface area (Å²) in [6, 6.07) is 67.3. The Labute approximate surface area is 323 Å². The van der Waals surface area contributed by atoms with Gasteiger partial charge >= 0.3 is 0 Å². The molecule has 0 unspecified atom stereocenters. The molecule has 11 aromatic rings. The smallest absolute Gasteiger partial charge is 0.160 e. The molecule has 0 aliphatic heterocycles. The van der Waals surface area contributed by atoms with Crippen LogP contribution in [0.5, 0.6) is 0 Å². The molecule has 0 saturated heterocycles. The van der Waals surface area contributed by atoms with Crippen LogP contribution < -0.4 is 0 Å². The first kappa shape index (κ1) is 31.9. The van der Waals surface area contributed by atoms with Crippen LogP contribution in [0, 0.1) is 0 Å². The standard InChI is InChI=1S/C52H32N2O2/c1-3-15-33(16-4-1)46-32-47(54-52(53-46)34-17-5-2-6-18-34)37-30-35(29-36(31-37)39-23-13-25-44-41-21-9-11-27-48(41)55-50(39)44)38-19-7-8-20-40(38)43-24-14-26-45-42-22-10-12-28-49(42)56-51(43)45/h1-32H. The lowest BCUT2D eigenvalue weighted by atomic mass is 9.89. The van der Waals surface area contributed by atoms with Crippen LogP contribution in [0.1, 0.15) is 0 Å². The third-order valence-electron chi connectivity index (χ3n) is 10.7. The fourth-order valence-corrected chi connectivity index (χ4v) is 8.06. The maximum atomic E-state index is 6.62. The number of benzene rings is 8. The van der Waals surface area contributed by atoms with Gasteiger partial charge in [0.1, 0.15) is 22.3 Å². The molecule has 0 saturated carbocycles. The van der Waals surface area contributed by atoms with E-state index < -0.39 is 0 Å². The van der Waals surface area contributed by atoms with Crippen molar-refractivity contribution < 1.29 is 8.83 Å². The Morgan fingerprint density at radius 3 is 1.39 bits per heavy atom. The van der Waals surface area contributed by atoms with Crippen molar-refractivity contribution in [1.29, 1.82) is 0 Å². The van der Waals surface area contributed by atoms with Crippen LogP contribution in [-0.4, -0.2) is 9.97 Å². The van der Waals surface area contributed by atoms with Gasteiger partial charge in [0.05, 0.1) is 11.4 Å². The third kappa shape index (κ3) is 5.39. The van der Waals surface area contributed by atoms with Crippen LogP contribution in [0.2, 0.25) is 0 Å². The van der Waals surface area contributed by atoms with Gasteiger partial charge in [0.2, 0.25) is 0 Å². The lowest BCUT2D eigenvalue weighted by Gasteiger charge is -2.15. The Morgan fingerprint density at radius 2 is 0.732 bits per heavy atom. The van der Waals surface area contributed by atoms with Crippen molar-refractivity contribution in [2.75, 3.05) is 0 Å². The minimum Gasteiger partial charge on any atom is -0.455 e. The Kier molecular flexibility index (Phi) is 7.46. The number of aromatic nitrogens is 2. The van der Waals surface area contributed by atoms with E-state index in [1.165, 1.54) is 0 Å². The summed E-state index contributed by atoms with van der Waals surface area (Å²) < 4.78 is 13.2. The maximum Gasteiger partial charge on any atom is 0.160 e. The second kappa shape index (κ2) is 13.1. The monoisotopic (exact) mass is 716 g/mol. The summed E-state index contributed by atoms with van der Waals surface area (Å²) in [6.07, 6.45) is 0. The maximum absolute atomic E-state index is 6.62. The quantitative estimate of drug-likeness (QED) is 0.172. The molecule has 0 spiro atoms. The molecule has 0 fully saturated rings. The van der Waals surface area contributed by atoms with Crippen molar-refractivity contribution in [1.82, 2.24) is 9.97 Å². The summed E-state index contributed by atoms with van der Waals surface area (Å²) in [7, 11) is 0. The highest BCUT2D eigenvalue weighted by Crippen LogP contribution is 2.43. The van der Waals surface area contributed by atoms with Crippen molar-refractivity contribution >= 4 is 43.9 Å². The van der Waals surface area contributed by atoms with E-state index in [-0.39, 0.29) is 0 Å². The average molecular weight is 717 g/mol. The highest BCUT2D eigenvalue weighted by molar-refractivity contribution is 6.12. The van der Waals surface area contributed by atoms with Crippen molar-refractivity contribution in [3.63, 3.8) is 0 Å². The summed E-state index contributed by atoms with van der Waals surface area (Å²) >= 11 is 0. The van der Waals surface area contributed by atoms with Gasteiger partial charge in [0.25, 0.3) is 0 Å². The fraction of sp³-hybridized carbons (Fsp3) is 0. The molecule has 262 valence electrons. The first-order valence-electron chi connectivity index (χ1n) is 18.8. The minimum absolute atomic E-state index is 0.672. The number of hydrogen-bond donors (Lipinski definition) is 0. The summed E-state index contributed by atoms with van der Waals surface area (Å²) in [5.41, 5.74) is 14.4. The van der Waals surface area contributed by atoms with Crippen LogP contribution in [0.4, 0.5) is 0 Å². The van der Waals surface area contributed by atoms with Gasteiger partial charge in [-0.15, -0.1) is 0 Å². The highest BCUT2D eigenvalue weighted by Gasteiger charge is 2.19. The van der Waals surface area contributed by atoms with Crippen molar-refractivity contribution in [3.8, 4) is 67.3 Å². The van der Waals surface area contributed by atoms with Crippen LogP contribution in [-0.2, 0) is 0 Å². The van der Waals surface area contributed by atoms with Gasteiger partial charge in [0, 0.05) is 49.4 Å². The minimum atomic E-state index is 0.672. The second-order valence-electron chi connectivity index (χ2n) is 14.1. The van der Waals surface area contributed by atoms with Crippen LogP contribution in [0.3, 0.4) is 0 Å². The van der Waals surface area contributed by atoms with E-state index in [1.54, 1.807) is 0 Å². The number of nitrogens with zero attached hydrogens (tertiary/aromatic N) is 2. The number of rotatable bonds is 6. The van der Waals surface area contributed by atoms with Gasteiger partial charge in [-0.25, -0.2) is 9.97 Å². The molecule has 0 bridgehead atoms. The number of hydrogen-bond acceptors (Lipinski definition) is 4. The number of para-hydroxylation sites is 4. The first-order chi connectivity index (χ1) is 27.7. The highest BCUT2D eigenvalue weighted by atomic mass is 16.3. The van der Waals surface area contributed by atoms with Gasteiger partial charge in [0.15, 0.2) is 5.82 Å². The number of furan rings is 2. The molecule has 4 heteroatoms. The average Bonchev–Trinajstić information content (AvgIpc) is 3.86. The van der Waals surface area contributed by atoms with E-state index in [0.29, 0.717) is 5.82 Å². The van der Waals surface area contributed by atoms with Gasteiger partial charge in [-0.2, -0.15) is 0 Å². The Balaban J connectivity index is 1.18. The largest absolute Gasteiger partial charge is 0.455 e. The first-order valence-corrected chi connectivity index (χ1v) is 18.8. The van der Waals surface area contributed by atoms with E-state index in [9.17, 15) is 0 Å². The fourth-order valence-electron chi connectivity index (χ4n) is 8.06. The summed E-state index contributed by atoms with van der Waals surface area (Å²) in [5, 5.41) is 4.39. The molecular formula is C52H32N2O2. The molecule has 0 aliphatic rings. The third-order valence-corrected chi connectivity index (χ3v) is 10.7. The van der Waals surface area contributed by atoms with Crippen LogP contribution >= 0.6 is 0 Å². The predicted molar refractivity (Wildman–Crippen MR) is 229 cm³/mol. The normalized spacial score (nSPS) is 11.6. The van der Waals surface area contributed by atoms with Gasteiger partial charge in [-0.05, 0) is 58.7 Å². The zero-order chi connectivity index (χ0) is 37.0. The number of fused-ring (bicyclic) bond motifs is 6. The summed E-state index contributed by atoms with van der Waals surface area (Å²) in [5.74, 6) is 0.672. The Bertz CT molecular complexity index is 3190. The molecule has 3 heterocycles.